The molecule has 0 aromatic carbocycles. The average Bonchev–Trinajstić information content (AvgIpc) is 2.98. The van der Waals surface area contributed by atoms with E-state index in [1.165, 1.54) is 11.9 Å². The Morgan fingerprint density at radius 1 is 0.667 bits per heavy atom. The molecule has 0 rings (SSSR count). The highest BCUT2D eigenvalue weighted by atomic mass is 31.2. The number of carbonyl (C=O) groups excluding carboxylic acids is 3. The summed E-state index contributed by atoms with van der Waals surface area (Å²) in [6.45, 7) is 14.3. The van der Waals surface area contributed by atoms with Crippen LogP contribution in [0.15, 0.2) is 4.76 Å². The van der Waals surface area contributed by atoms with Crippen molar-refractivity contribution in [3.8, 4) is 0 Å². The van der Waals surface area contributed by atoms with Crippen LogP contribution in [-0.4, -0.2) is 74.6 Å². The van der Waals surface area contributed by atoms with Gasteiger partial charge in [0, 0.05) is 18.9 Å². The summed E-state index contributed by atoms with van der Waals surface area (Å²) < 4.78 is 55.9. The lowest BCUT2D eigenvalue weighted by molar-refractivity contribution is -0.147. The van der Waals surface area contributed by atoms with Gasteiger partial charge in [-0.3, -0.25) is 4.79 Å². The van der Waals surface area contributed by atoms with Crippen molar-refractivity contribution in [3.63, 3.8) is 0 Å². The lowest BCUT2D eigenvalue weighted by atomic mass is 10.1. The van der Waals surface area contributed by atoms with E-state index in [0.29, 0.717) is 12.8 Å². The molecule has 0 aromatic rings. The summed E-state index contributed by atoms with van der Waals surface area (Å²) in [5.74, 6) is -2.09. The van der Waals surface area contributed by atoms with Crippen LogP contribution in [0.4, 0.5) is 9.59 Å². The smallest absolute Gasteiger partial charge is 0.462 e. The van der Waals surface area contributed by atoms with Crippen LogP contribution in [0.3, 0.4) is 0 Å². The average molecular weight is 710 g/mol. The third-order valence-electron chi connectivity index (χ3n) is 6.77. The highest BCUT2D eigenvalue weighted by Gasteiger charge is 2.39. The van der Waals surface area contributed by atoms with Gasteiger partial charge in [0.05, 0.1) is 19.3 Å². The molecule has 0 amide bonds. The number of hydrogen-bond acceptors (Lipinski definition) is 11. The van der Waals surface area contributed by atoms with Crippen LogP contribution in [0.1, 0.15) is 132 Å². The van der Waals surface area contributed by atoms with Crippen molar-refractivity contribution < 1.29 is 51.7 Å². The predicted molar refractivity (Wildman–Crippen MR) is 184 cm³/mol. The summed E-state index contributed by atoms with van der Waals surface area (Å²) in [5, 5.41) is 0. The van der Waals surface area contributed by atoms with E-state index in [1.54, 1.807) is 41.5 Å². The molecular formula is C33H64N3O11P. The Kier molecular flexibility index (Phi) is 24.9. The molecule has 0 aliphatic heterocycles. The number of unbranched alkanes of at least 4 members (excludes halogenated alkanes) is 10. The fourth-order valence-corrected chi connectivity index (χ4v) is 5.65. The van der Waals surface area contributed by atoms with Gasteiger partial charge in [-0.1, -0.05) is 106 Å². The SMILES string of the molecule is CCCCCCCCOC(=O)OC(OP(=O)(/N=C(\N)N(C)CC(=O)OC(C)C)OC(OC(=O)OCCCCCCCC)C(C)C)C(C)C. The molecule has 282 valence electrons. The van der Waals surface area contributed by atoms with E-state index in [9.17, 15) is 18.9 Å². The minimum atomic E-state index is -4.72. The first-order valence-electron chi connectivity index (χ1n) is 17.5. The zero-order valence-corrected chi connectivity index (χ0v) is 31.8. The molecule has 2 atom stereocenters. The van der Waals surface area contributed by atoms with Gasteiger partial charge >= 0.3 is 26.0 Å². The lowest BCUT2D eigenvalue weighted by Gasteiger charge is -2.28. The molecule has 48 heavy (non-hydrogen) atoms. The van der Waals surface area contributed by atoms with Crippen LogP contribution in [0.25, 0.3) is 0 Å². The number of nitrogens with zero attached hydrogens (tertiary/aromatic N) is 2. The van der Waals surface area contributed by atoms with Crippen LogP contribution in [0.5, 0.6) is 0 Å². The molecule has 0 aliphatic carbocycles. The second-order valence-electron chi connectivity index (χ2n) is 12.7. The molecule has 0 radical (unpaired) electrons. The van der Waals surface area contributed by atoms with Crippen LogP contribution >= 0.6 is 7.75 Å². The molecule has 0 saturated carbocycles. The molecule has 2 unspecified atom stereocenters. The summed E-state index contributed by atoms with van der Waals surface area (Å²) in [7, 11) is -3.30. The highest BCUT2D eigenvalue weighted by molar-refractivity contribution is 7.52. The van der Waals surface area contributed by atoms with Gasteiger partial charge < -0.3 is 34.3 Å². The van der Waals surface area contributed by atoms with Crippen molar-refractivity contribution in [1.29, 1.82) is 0 Å². The second kappa shape index (κ2) is 26.3. The number of guanidine groups is 1. The van der Waals surface area contributed by atoms with Gasteiger partial charge in [-0.2, -0.15) is 0 Å². The maximum Gasteiger partial charge on any atom is 0.510 e. The number of carbonyl (C=O) groups is 3. The molecule has 14 nitrogen and oxygen atoms in total. The zero-order chi connectivity index (χ0) is 36.5. The van der Waals surface area contributed by atoms with Crippen LogP contribution < -0.4 is 5.73 Å². The molecular weight excluding hydrogens is 645 g/mol. The number of ether oxygens (including phenoxy) is 5. The Hall–Kier alpha value is -2.57. The maximum atomic E-state index is 14.2. The van der Waals surface area contributed by atoms with E-state index >= 15 is 0 Å². The van der Waals surface area contributed by atoms with Crippen molar-refractivity contribution in [2.45, 2.75) is 151 Å². The van der Waals surface area contributed by atoms with Crippen molar-refractivity contribution in [2.75, 3.05) is 26.8 Å². The fraction of sp³-hybridized carbons (Fsp3) is 0.879. The number of rotatable bonds is 26. The first-order valence-corrected chi connectivity index (χ1v) is 19.0. The normalized spacial score (nSPS) is 14.4. The molecule has 0 spiro atoms. The van der Waals surface area contributed by atoms with E-state index < -0.39 is 56.4 Å². The van der Waals surface area contributed by atoms with Crippen molar-refractivity contribution in [1.82, 2.24) is 4.90 Å². The van der Waals surface area contributed by atoms with Crippen molar-refractivity contribution >= 4 is 32.0 Å². The van der Waals surface area contributed by atoms with Gasteiger partial charge in [0.15, 0.2) is 0 Å². The quantitative estimate of drug-likeness (QED) is 0.0173. The maximum absolute atomic E-state index is 14.2. The first kappa shape index (κ1) is 45.4. The molecule has 0 saturated heterocycles. The number of likely N-dealkylation sites (N-methyl/N-ethyl adjacent to an activating group) is 1. The Balaban J connectivity index is 5.80. The standard InChI is InChI=1S/C33H64N3O11P/c1-10-12-14-16-18-20-22-41-32(38)44-29(25(3)4)46-48(40,35-31(34)36(9)24-28(37)43-27(7)8)47-30(26(5)6)45-33(39)42-23-21-19-17-15-13-11-2/h25-27,29-30H,10-24H2,1-9H3,(H2,34,35,40). The van der Waals surface area contributed by atoms with Gasteiger partial charge in [0.25, 0.3) is 0 Å². The Labute approximate surface area is 288 Å². The van der Waals surface area contributed by atoms with Crippen molar-refractivity contribution in [3.05, 3.63) is 0 Å². The Morgan fingerprint density at radius 3 is 1.44 bits per heavy atom. The molecule has 0 bridgehead atoms. The summed E-state index contributed by atoms with van der Waals surface area (Å²) in [6.07, 6.45) is 6.76. The second-order valence-corrected chi connectivity index (χ2v) is 14.3. The van der Waals surface area contributed by atoms with Gasteiger partial charge in [-0.05, 0) is 26.7 Å². The molecule has 2 N–H and O–H groups in total. The predicted octanol–water partition coefficient (Wildman–Crippen LogP) is 8.32. The van der Waals surface area contributed by atoms with E-state index in [-0.39, 0.29) is 25.9 Å². The lowest BCUT2D eigenvalue weighted by Crippen LogP contribution is -2.39. The number of esters is 1. The minimum absolute atomic E-state index is 0.149. The van der Waals surface area contributed by atoms with Gasteiger partial charge in [-0.25, -0.2) is 23.2 Å². The molecule has 0 heterocycles. The number of nitrogens with two attached hydrogens (primary N) is 1. The van der Waals surface area contributed by atoms with Crippen LogP contribution in [0, 0.1) is 11.8 Å². The van der Waals surface area contributed by atoms with E-state index in [0.717, 1.165) is 64.2 Å². The third kappa shape index (κ3) is 22.9. The Bertz CT molecular complexity index is 928. The summed E-state index contributed by atoms with van der Waals surface area (Å²) in [6, 6.07) is 0. The Morgan fingerprint density at radius 2 is 1.06 bits per heavy atom. The van der Waals surface area contributed by atoms with Crippen LogP contribution in [0.2, 0.25) is 0 Å². The molecule has 15 heteroatoms. The largest absolute Gasteiger partial charge is 0.510 e. The molecule has 0 aliphatic rings. The van der Waals surface area contributed by atoms with Crippen molar-refractivity contribution in [2.24, 2.45) is 22.3 Å². The molecule has 0 fully saturated rings. The summed E-state index contributed by atoms with van der Waals surface area (Å²) >= 11 is 0. The highest BCUT2D eigenvalue weighted by Crippen LogP contribution is 2.54. The van der Waals surface area contributed by atoms with Crippen LogP contribution in [-0.2, 0) is 42.1 Å². The van der Waals surface area contributed by atoms with E-state index in [1.807, 2.05) is 0 Å². The third-order valence-corrected chi connectivity index (χ3v) is 8.17. The minimum Gasteiger partial charge on any atom is -0.462 e. The van der Waals surface area contributed by atoms with E-state index in [4.69, 9.17) is 38.5 Å². The number of hydrogen-bond donors (Lipinski definition) is 1. The monoisotopic (exact) mass is 709 g/mol. The van der Waals surface area contributed by atoms with Gasteiger partial charge in [-0.15, -0.1) is 4.76 Å². The van der Waals surface area contributed by atoms with Gasteiger partial charge in [0.2, 0.25) is 18.5 Å². The van der Waals surface area contributed by atoms with E-state index in [2.05, 4.69) is 18.6 Å². The molecule has 0 aromatic heterocycles. The zero-order valence-electron chi connectivity index (χ0n) is 30.9. The van der Waals surface area contributed by atoms with Gasteiger partial charge in [0.1, 0.15) is 6.54 Å². The topological polar surface area (TPSA) is 175 Å². The first-order chi connectivity index (χ1) is 22.6. The summed E-state index contributed by atoms with van der Waals surface area (Å²) in [5.41, 5.74) is 6.11. The fourth-order valence-electron chi connectivity index (χ4n) is 4.00. The summed E-state index contributed by atoms with van der Waals surface area (Å²) in [4.78, 5) is 38.5.